The van der Waals surface area contributed by atoms with E-state index in [9.17, 15) is 0 Å². The molecule has 6 heteroatoms. The first kappa shape index (κ1) is 9.80. The molecule has 0 aromatic carbocycles. The molecule has 1 unspecified atom stereocenters. The Labute approximate surface area is 51.0 Å². The Morgan fingerprint density at radius 3 is 2.00 bits per heavy atom. The molecule has 0 fully saturated rings. The maximum atomic E-state index is 9.00. The molecule has 0 aliphatic carbocycles. The fourth-order valence-electron chi connectivity index (χ4n) is 0. The molecule has 0 spiro atoms. The molecule has 0 heterocycles. The molecule has 0 aliphatic rings. The van der Waals surface area contributed by atoms with Crippen molar-refractivity contribution in [2.75, 3.05) is 0 Å². The molecular weight excluding hydrogens is 101 g/mol. The van der Waals surface area contributed by atoms with Gasteiger partial charge in [0.25, 0.3) is 0 Å². The van der Waals surface area contributed by atoms with Crippen LogP contribution in [-0.2, 0) is 11.3 Å². The Morgan fingerprint density at radius 2 is 2.00 bits per heavy atom. The van der Waals surface area contributed by atoms with Gasteiger partial charge < -0.3 is 16.1 Å². The minimum absolute atomic E-state index is 0. The molecule has 0 bridgehead atoms. The van der Waals surface area contributed by atoms with Crippen molar-refractivity contribution in [3.05, 3.63) is 5.21 Å². The predicted octanol–water partition coefficient (Wildman–Crippen LogP) is -5.04. The van der Waals surface area contributed by atoms with Crippen LogP contribution in [0.15, 0.2) is 0 Å². The van der Waals surface area contributed by atoms with Crippen LogP contribution in [0.2, 0.25) is 0 Å². The van der Waals surface area contributed by atoms with E-state index in [0.717, 1.165) is 0 Å². The van der Waals surface area contributed by atoms with E-state index < -0.39 is 11.3 Å². The molecule has 0 aromatic heterocycles. The summed E-state index contributed by atoms with van der Waals surface area (Å²) in [5.41, 5.74) is 0. The fourth-order valence-corrected chi connectivity index (χ4v) is 0. The van der Waals surface area contributed by atoms with Crippen LogP contribution in [-0.4, -0.2) is 8.76 Å². The van der Waals surface area contributed by atoms with Crippen LogP contribution in [0.5, 0.6) is 0 Å². The van der Waals surface area contributed by atoms with Gasteiger partial charge in [-0.05, 0) is 0 Å². The third-order valence-corrected chi connectivity index (χ3v) is 0.236. The van der Waals surface area contributed by atoms with Crippen molar-refractivity contribution in [1.82, 2.24) is 0 Å². The van der Waals surface area contributed by atoms with Crippen molar-refractivity contribution >= 4 is 11.3 Å². The van der Waals surface area contributed by atoms with Crippen molar-refractivity contribution < 1.29 is 33.9 Å². The summed E-state index contributed by atoms with van der Waals surface area (Å²) < 4.78 is 18.0. The maximum Gasteiger partial charge on any atom is 1.00 e. The van der Waals surface area contributed by atoms with Gasteiger partial charge in [0, 0.05) is 0 Å². The van der Waals surface area contributed by atoms with Gasteiger partial charge in [-0.3, -0.25) is 0 Å². The van der Waals surface area contributed by atoms with Gasteiger partial charge in [-0.25, -0.2) is 4.21 Å². The summed E-state index contributed by atoms with van der Waals surface area (Å²) in [6.45, 7) is 0. The van der Waals surface area contributed by atoms with Crippen LogP contribution in [0, 0.1) is 5.21 Å². The van der Waals surface area contributed by atoms with Crippen LogP contribution in [0.3, 0.4) is 0 Å². The monoisotopic (exact) mass is 104 g/mol. The van der Waals surface area contributed by atoms with Crippen LogP contribution in [0.1, 0.15) is 1.43 Å². The largest absolute Gasteiger partial charge is 1.00 e. The molecule has 0 saturated heterocycles. The van der Waals surface area contributed by atoms with Crippen LogP contribution < -0.4 is 23.7 Å². The van der Waals surface area contributed by atoms with Crippen molar-refractivity contribution in [2.45, 2.75) is 0 Å². The smallest absolute Gasteiger partial charge is 1.00 e. The fraction of sp³-hybridized carbons (Fsp3) is 0. The van der Waals surface area contributed by atoms with Crippen molar-refractivity contribution in [3.63, 3.8) is 0 Å². The molecular formula is H3LiNO3S-. The normalized spacial score (nSPS) is 12.3. The molecule has 0 radical (unpaired) electrons. The predicted molar refractivity (Wildman–Crippen MR) is 15.3 cm³/mol. The summed E-state index contributed by atoms with van der Waals surface area (Å²) in [5.74, 6) is 0. The average Bonchev–Trinajstić information content (AvgIpc) is 1.38. The average molecular weight is 104 g/mol. The second-order valence-electron chi connectivity index (χ2n) is 0.357. The second-order valence-corrected chi connectivity index (χ2v) is 1.07. The quantitative estimate of drug-likeness (QED) is 0.205. The van der Waals surface area contributed by atoms with Gasteiger partial charge >= 0.3 is 18.9 Å². The van der Waals surface area contributed by atoms with Gasteiger partial charge in [0.1, 0.15) is 11.3 Å². The molecule has 1 atom stereocenters. The van der Waals surface area contributed by atoms with Crippen molar-refractivity contribution in [1.29, 1.82) is 0 Å². The molecule has 0 aromatic rings. The first-order valence-corrected chi connectivity index (χ1v) is 1.94. The van der Waals surface area contributed by atoms with E-state index in [2.05, 4.69) is 0 Å². The molecule has 0 saturated carbocycles. The van der Waals surface area contributed by atoms with Gasteiger partial charge in [-0.15, -0.1) is 0 Å². The van der Waals surface area contributed by atoms with Crippen LogP contribution in [0.4, 0.5) is 0 Å². The van der Waals surface area contributed by atoms with Gasteiger partial charge in [-0.1, -0.05) is 0 Å². The number of nitrogens with two attached hydrogens (primary N) is 1. The van der Waals surface area contributed by atoms with E-state index >= 15 is 0 Å². The molecule has 0 aliphatic heterocycles. The molecule has 0 amide bonds. The SMILES string of the molecule is O=S([O-])[NH2+][O-].[H-].[Li+]. The Morgan fingerprint density at radius 1 is 1.83 bits per heavy atom. The van der Waals surface area contributed by atoms with E-state index in [0.29, 0.717) is 0 Å². The molecule has 0 rings (SSSR count). The minimum atomic E-state index is -2.50. The third-order valence-electron chi connectivity index (χ3n) is 0.0786. The molecule has 6 heavy (non-hydrogen) atoms. The zero-order valence-electron chi connectivity index (χ0n) is 4.21. The van der Waals surface area contributed by atoms with Gasteiger partial charge in [0.05, 0.1) is 0 Å². The zero-order chi connectivity index (χ0) is 4.28. The van der Waals surface area contributed by atoms with Crippen LogP contribution >= 0.6 is 0 Å². The van der Waals surface area contributed by atoms with E-state index in [1.54, 1.807) is 0 Å². The minimum Gasteiger partial charge on any atom is -1.00 e. The summed E-state index contributed by atoms with van der Waals surface area (Å²) in [6, 6.07) is 0. The summed E-state index contributed by atoms with van der Waals surface area (Å²) in [4.78, 5) is -0.167. The molecule has 34 valence electrons. The van der Waals surface area contributed by atoms with E-state index in [4.69, 9.17) is 14.0 Å². The van der Waals surface area contributed by atoms with Crippen molar-refractivity contribution in [2.24, 2.45) is 0 Å². The third kappa shape index (κ3) is 8.82. The summed E-state index contributed by atoms with van der Waals surface area (Å²) in [6.07, 6.45) is 0. The Balaban J connectivity index is -0.0000000800. The van der Waals surface area contributed by atoms with E-state index in [1.165, 1.54) is 0 Å². The standard InChI is InChI=1S/Li.H3NO3S.H/c;2-1-5(3)4;/h;1H2,(H,3,4);/q+1;;-1/p-1. The van der Waals surface area contributed by atoms with E-state index in [1.807, 2.05) is 0 Å². The summed E-state index contributed by atoms with van der Waals surface area (Å²) >= 11 is -2.50. The van der Waals surface area contributed by atoms with Gasteiger partial charge in [0.2, 0.25) is 0 Å². The topological polar surface area (TPSA) is 79.8 Å². The second kappa shape index (κ2) is 5.63. The van der Waals surface area contributed by atoms with Crippen LogP contribution in [0.25, 0.3) is 0 Å². The Hall–Kier alpha value is 0.627. The van der Waals surface area contributed by atoms with E-state index in [-0.39, 0.29) is 25.2 Å². The number of hydrogen-bond acceptors (Lipinski definition) is 3. The summed E-state index contributed by atoms with van der Waals surface area (Å²) in [7, 11) is 0. The molecule has 2 N–H and O–H groups in total. The van der Waals surface area contributed by atoms with Gasteiger partial charge in [-0.2, -0.15) is 0 Å². The number of hydrogen-bond donors (Lipinski definition) is 1. The maximum absolute atomic E-state index is 9.00. The summed E-state index contributed by atoms with van der Waals surface area (Å²) in [5, 5.41) is 8.89. The first-order valence-electron chi connectivity index (χ1n) is 0.805. The first-order chi connectivity index (χ1) is 2.27. The number of rotatable bonds is 1. The van der Waals surface area contributed by atoms with Crippen molar-refractivity contribution in [3.8, 4) is 0 Å². The Bertz CT molecular complexity index is 50.2. The zero-order valence-corrected chi connectivity index (χ0v) is 4.03. The van der Waals surface area contributed by atoms with Gasteiger partial charge in [0.15, 0.2) is 0 Å². The Kier molecular flexibility index (Phi) is 9.19. The number of quaternary nitrogens is 1. The molecule has 4 nitrogen and oxygen atoms in total.